The molecule has 0 aliphatic carbocycles. The fourth-order valence-electron chi connectivity index (χ4n) is 2.96. The van der Waals surface area contributed by atoms with Gasteiger partial charge in [0.05, 0.1) is 18.3 Å². The van der Waals surface area contributed by atoms with Crippen LogP contribution in [-0.2, 0) is 4.74 Å². The summed E-state index contributed by atoms with van der Waals surface area (Å²) in [5.74, 6) is 0. The third-order valence-corrected chi connectivity index (χ3v) is 4.25. The van der Waals surface area contributed by atoms with Gasteiger partial charge in [0.2, 0.25) is 0 Å². The van der Waals surface area contributed by atoms with Crippen molar-refractivity contribution < 1.29 is 29.6 Å². The molecule has 2 heterocycles. The van der Waals surface area contributed by atoms with E-state index < -0.39 is 37.1 Å². The Hall–Kier alpha value is -1.77. The summed E-state index contributed by atoms with van der Waals surface area (Å²) in [6, 6.07) is 4.62. The number of aliphatic hydroxyl groups is 4. The highest BCUT2D eigenvalue weighted by Gasteiger charge is 2.44. The summed E-state index contributed by atoms with van der Waals surface area (Å²) < 4.78 is 11.0. The van der Waals surface area contributed by atoms with Gasteiger partial charge < -0.3 is 29.6 Å². The summed E-state index contributed by atoms with van der Waals surface area (Å²) in [6.07, 6.45) is -5.17. The number of hydrogen-bond acceptors (Lipinski definition) is 7. The minimum Gasteiger partial charge on any atom is -0.464 e. The highest BCUT2D eigenvalue weighted by molar-refractivity contribution is 5.83. The monoisotopic (exact) mass is 322 g/mol. The van der Waals surface area contributed by atoms with Crippen LogP contribution in [0.4, 0.5) is 0 Å². The summed E-state index contributed by atoms with van der Waals surface area (Å²) >= 11 is 0. The lowest BCUT2D eigenvalue weighted by atomic mass is 9.90. The molecule has 0 saturated carbocycles. The molecule has 23 heavy (non-hydrogen) atoms. The topological polar surface area (TPSA) is 120 Å². The molecule has 0 spiro atoms. The molecule has 1 aromatic carbocycles. The smallest absolute Gasteiger partial charge is 0.192 e. The summed E-state index contributed by atoms with van der Waals surface area (Å²) in [5, 5.41) is 39.7. The maximum absolute atomic E-state index is 12.1. The van der Waals surface area contributed by atoms with E-state index in [9.17, 15) is 25.2 Å². The summed E-state index contributed by atoms with van der Waals surface area (Å²) in [5.41, 5.74) is 1.11. The molecule has 7 heteroatoms. The van der Waals surface area contributed by atoms with Gasteiger partial charge in [-0.15, -0.1) is 0 Å². The van der Waals surface area contributed by atoms with Crippen LogP contribution >= 0.6 is 0 Å². The average Bonchev–Trinajstić information content (AvgIpc) is 2.54. The quantitative estimate of drug-likeness (QED) is 0.594. The molecule has 1 unspecified atom stereocenters. The second kappa shape index (κ2) is 6.03. The lowest BCUT2D eigenvalue weighted by Crippen LogP contribution is -2.55. The molecule has 0 amide bonds. The van der Waals surface area contributed by atoms with E-state index >= 15 is 0 Å². The second-order valence-electron chi connectivity index (χ2n) is 5.71. The van der Waals surface area contributed by atoms with E-state index in [2.05, 4.69) is 0 Å². The van der Waals surface area contributed by atoms with Crippen LogP contribution in [0.25, 0.3) is 11.0 Å². The van der Waals surface area contributed by atoms with E-state index in [-0.39, 0.29) is 11.0 Å². The van der Waals surface area contributed by atoms with Crippen molar-refractivity contribution in [2.75, 3.05) is 6.61 Å². The van der Waals surface area contributed by atoms with E-state index in [1.165, 1.54) is 12.3 Å². The molecule has 1 aromatic heterocycles. The zero-order valence-corrected chi connectivity index (χ0v) is 12.4. The fourth-order valence-corrected chi connectivity index (χ4v) is 2.96. The number of rotatable bonds is 2. The maximum atomic E-state index is 12.1. The Kier molecular flexibility index (Phi) is 4.22. The maximum Gasteiger partial charge on any atom is 0.192 e. The molecule has 0 radical (unpaired) electrons. The average molecular weight is 322 g/mol. The number of fused-ring (bicyclic) bond motifs is 1. The van der Waals surface area contributed by atoms with Gasteiger partial charge in [-0.3, -0.25) is 4.79 Å². The van der Waals surface area contributed by atoms with Gasteiger partial charge in [-0.25, -0.2) is 0 Å². The molecule has 4 N–H and O–H groups in total. The molecule has 1 fully saturated rings. The van der Waals surface area contributed by atoms with Crippen molar-refractivity contribution in [3.8, 4) is 0 Å². The summed E-state index contributed by atoms with van der Waals surface area (Å²) in [6.45, 7) is 1.24. The van der Waals surface area contributed by atoms with Gasteiger partial charge in [0, 0.05) is 11.6 Å². The van der Waals surface area contributed by atoms with Crippen LogP contribution in [0.15, 0.2) is 33.7 Å². The normalized spacial score (nSPS) is 31.4. The molecule has 0 bridgehead atoms. The molecule has 1 aliphatic heterocycles. The molecule has 124 valence electrons. The first-order chi connectivity index (χ1) is 11.0. The number of benzene rings is 1. The fraction of sp³-hybridized carbons (Fsp3) is 0.438. The summed E-state index contributed by atoms with van der Waals surface area (Å²) in [7, 11) is 0. The number of aryl methyl sites for hydroxylation is 1. The highest BCUT2D eigenvalue weighted by Crippen LogP contribution is 2.36. The van der Waals surface area contributed by atoms with E-state index in [0.717, 1.165) is 0 Å². The number of aliphatic hydroxyl groups excluding tert-OH is 4. The van der Waals surface area contributed by atoms with Gasteiger partial charge in [-0.1, -0.05) is 12.1 Å². The van der Waals surface area contributed by atoms with Crippen molar-refractivity contribution in [2.24, 2.45) is 0 Å². The minimum absolute atomic E-state index is 0.227. The Morgan fingerprint density at radius 1 is 1.09 bits per heavy atom. The predicted octanol–water partition coefficient (Wildman–Crippen LogP) is -0.384. The Bertz CT molecular complexity index is 767. The first kappa shape index (κ1) is 16.1. The van der Waals surface area contributed by atoms with Crippen LogP contribution < -0.4 is 5.43 Å². The third-order valence-electron chi connectivity index (χ3n) is 4.25. The van der Waals surface area contributed by atoms with Crippen LogP contribution in [0.1, 0.15) is 17.2 Å². The lowest BCUT2D eigenvalue weighted by molar-refractivity contribution is -0.231. The van der Waals surface area contributed by atoms with Crippen LogP contribution in [0.5, 0.6) is 0 Å². The van der Waals surface area contributed by atoms with Gasteiger partial charge in [0.25, 0.3) is 0 Å². The van der Waals surface area contributed by atoms with Crippen LogP contribution in [0.3, 0.4) is 0 Å². The van der Waals surface area contributed by atoms with E-state index in [1.54, 1.807) is 19.1 Å². The number of ether oxygens (including phenoxy) is 1. The van der Waals surface area contributed by atoms with Crippen LogP contribution in [0, 0.1) is 6.92 Å². The third kappa shape index (κ3) is 2.56. The van der Waals surface area contributed by atoms with Crippen molar-refractivity contribution in [2.45, 2.75) is 37.4 Å². The first-order valence-corrected chi connectivity index (χ1v) is 7.27. The Morgan fingerprint density at radius 3 is 2.52 bits per heavy atom. The zero-order chi connectivity index (χ0) is 16.7. The predicted molar refractivity (Wildman–Crippen MR) is 79.9 cm³/mol. The van der Waals surface area contributed by atoms with Crippen molar-refractivity contribution in [1.29, 1.82) is 0 Å². The largest absolute Gasteiger partial charge is 0.464 e. The van der Waals surface area contributed by atoms with Gasteiger partial charge in [-0.05, 0) is 12.5 Å². The van der Waals surface area contributed by atoms with E-state index in [0.29, 0.717) is 16.5 Å². The molecule has 1 aliphatic rings. The molecule has 3 rings (SSSR count). The second-order valence-corrected chi connectivity index (χ2v) is 5.71. The van der Waals surface area contributed by atoms with Crippen molar-refractivity contribution >= 4 is 11.0 Å². The van der Waals surface area contributed by atoms with Crippen molar-refractivity contribution in [1.82, 2.24) is 0 Å². The number of hydrogen-bond donors (Lipinski definition) is 4. The van der Waals surface area contributed by atoms with Gasteiger partial charge in [0.15, 0.2) is 5.43 Å². The molecule has 5 atom stereocenters. The van der Waals surface area contributed by atoms with E-state index in [4.69, 9.17) is 9.15 Å². The molecular formula is C16H18O7. The molecule has 7 nitrogen and oxygen atoms in total. The molecular weight excluding hydrogens is 304 g/mol. The SMILES string of the molecule is Cc1ccc(C2O[C@H](CO)[C@@H](O)[C@H](O)[C@H]2O)c2occc(=O)c12. The van der Waals surface area contributed by atoms with Crippen LogP contribution in [-0.4, -0.2) is 51.4 Å². The van der Waals surface area contributed by atoms with Crippen molar-refractivity contribution in [3.63, 3.8) is 0 Å². The summed E-state index contributed by atoms with van der Waals surface area (Å²) in [4.78, 5) is 12.1. The van der Waals surface area contributed by atoms with E-state index in [1.807, 2.05) is 0 Å². The van der Waals surface area contributed by atoms with Crippen LogP contribution in [0.2, 0.25) is 0 Å². The Labute approximate surface area is 131 Å². The molecule has 2 aromatic rings. The van der Waals surface area contributed by atoms with Gasteiger partial charge in [-0.2, -0.15) is 0 Å². The minimum atomic E-state index is -1.49. The van der Waals surface area contributed by atoms with Gasteiger partial charge >= 0.3 is 0 Å². The first-order valence-electron chi connectivity index (χ1n) is 7.27. The highest BCUT2D eigenvalue weighted by atomic mass is 16.5. The standard InChI is InChI=1S/C16H18O7/c1-7-2-3-8(15-11(7)9(18)4-5-22-15)16-14(21)13(20)12(19)10(6-17)23-16/h2-5,10,12-14,16-17,19-21H,6H2,1H3/t10-,12-,13+,14-,16?/m1/s1. The van der Waals surface area contributed by atoms with Crippen molar-refractivity contribution in [3.05, 3.63) is 45.8 Å². The Balaban J connectivity index is 2.15. The molecule has 1 saturated heterocycles. The Morgan fingerprint density at radius 2 is 1.83 bits per heavy atom. The van der Waals surface area contributed by atoms with Gasteiger partial charge in [0.1, 0.15) is 36.1 Å². The zero-order valence-electron chi connectivity index (χ0n) is 12.4. The lowest BCUT2D eigenvalue weighted by Gasteiger charge is -2.40.